The van der Waals surface area contributed by atoms with Gasteiger partial charge in [-0.1, -0.05) is 20.8 Å². The Morgan fingerprint density at radius 1 is 1.27 bits per heavy atom. The zero-order valence-corrected chi connectivity index (χ0v) is 10.0. The zero-order chi connectivity index (χ0) is 10.9. The molecule has 1 saturated heterocycles. The van der Waals surface area contributed by atoms with E-state index in [1.54, 1.807) is 7.11 Å². The fourth-order valence-corrected chi connectivity index (χ4v) is 4.46. The van der Waals surface area contributed by atoms with Gasteiger partial charge in [0.2, 0.25) is 6.29 Å². The third-order valence-electron chi connectivity index (χ3n) is 5.43. The first-order chi connectivity index (χ1) is 6.98. The predicted octanol–water partition coefficient (Wildman–Crippen LogP) is 2.51. The summed E-state index contributed by atoms with van der Waals surface area (Å²) in [7, 11) is 1.71. The first-order valence-electron chi connectivity index (χ1n) is 5.85. The van der Waals surface area contributed by atoms with Gasteiger partial charge in [-0.05, 0) is 25.2 Å². The van der Waals surface area contributed by atoms with Crippen molar-refractivity contribution in [3.05, 3.63) is 0 Å². The van der Waals surface area contributed by atoms with Crippen molar-refractivity contribution >= 4 is 0 Å². The molecule has 86 valence electrons. The minimum absolute atomic E-state index is 0.166. The lowest BCUT2D eigenvalue weighted by Crippen LogP contribution is -2.71. The van der Waals surface area contributed by atoms with Crippen molar-refractivity contribution in [2.24, 2.45) is 16.7 Å². The topological polar surface area (TPSA) is 27.7 Å². The number of methoxy groups -OCH3 is 1. The zero-order valence-electron chi connectivity index (χ0n) is 10.0. The predicted molar refractivity (Wildman–Crippen MR) is 54.9 cm³/mol. The highest BCUT2D eigenvalue weighted by Crippen LogP contribution is 2.73. The van der Waals surface area contributed by atoms with Crippen LogP contribution in [-0.2, 0) is 14.5 Å². The number of rotatable bonds is 1. The number of hydrogen-bond donors (Lipinski definition) is 0. The fraction of sp³-hybridized carbons (Fsp3) is 1.00. The number of hydrogen-bond acceptors (Lipinski definition) is 3. The van der Waals surface area contributed by atoms with Crippen LogP contribution in [0.4, 0.5) is 0 Å². The Hall–Kier alpha value is -0.120. The van der Waals surface area contributed by atoms with Gasteiger partial charge in [0.05, 0.1) is 0 Å². The Kier molecular flexibility index (Phi) is 1.73. The molecule has 3 fully saturated rings. The van der Waals surface area contributed by atoms with E-state index in [-0.39, 0.29) is 22.7 Å². The van der Waals surface area contributed by atoms with Gasteiger partial charge < -0.3 is 4.74 Å². The molecule has 0 amide bonds. The fourth-order valence-electron chi connectivity index (χ4n) is 4.46. The van der Waals surface area contributed by atoms with Crippen molar-refractivity contribution in [1.29, 1.82) is 0 Å². The third kappa shape index (κ3) is 0.820. The normalized spacial score (nSPS) is 56.0. The van der Waals surface area contributed by atoms with Crippen LogP contribution in [0.15, 0.2) is 0 Å². The van der Waals surface area contributed by atoms with Crippen molar-refractivity contribution in [3.8, 4) is 0 Å². The first kappa shape index (κ1) is 10.1. The quantitative estimate of drug-likeness (QED) is 0.625. The first-order valence-corrected chi connectivity index (χ1v) is 5.85. The van der Waals surface area contributed by atoms with Crippen LogP contribution < -0.4 is 0 Å². The van der Waals surface area contributed by atoms with Crippen LogP contribution in [-0.4, -0.2) is 19.0 Å². The van der Waals surface area contributed by atoms with Gasteiger partial charge in [0.1, 0.15) is 0 Å². The minimum Gasteiger partial charge on any atom is -0.351 e. The second-order valence-corrected chi connectivity index (χ2v) is 6.20. The standard InChI is InChI=1S/C12H20O3/c1-10(2)8-5-6-11(3,7-8)12(10)9(13-4)14-15-12/h8-9H,5-7H2,1-4H3/t8-,9+,11+,12-/m0/s1. The third-order valence-corrected chi connectivity index (χ3v) is 5.43. The molecule has 0 radical (unpaired) electrons. The number of ether oxygens (including phenoxy) is 1. The van der Waals surface area contributed by atoms with Crippen molar-refractivity contribution in [1.82, 2.24) is 0 Å². The molecule has 3 rings (SSSR count). The van der Waals surface area contributed by atoms with Crippen molar-refractivity contribution in [2.75, 3.05) is 7.11 Å². The average Bonchev–Trinajstić information content (AvgIpc) is 2.54. The molecule has 0 aromatic rings. The van der Waals surface area contributed by atoms with Gasteiger partial charge in [-0.25, -0.2) is 9.78 Å². The van der Waals surface area contributed by atoms with Crippen LogP contribution in [0.3, 0.4) is 0 Å². The Bertz CT molecular complexity index is 292. The molecule has 2 saturated carbocycles. The maximum atomic E-state index is 5.61. The van der Waals surface area contributed by atoms with Crippen molar-refractivity contribution < 1.29 is 14.5 Å². The average molecular weight is 212 g/mol. The van der Waals surface area contributed by atoms with E-state index in [4.69, 9.17) is 14.5 Å². The second-order valence-electron chi connectivity index (χ2n) is 6.20. The van der Waals surface area contributed by atoms with E-state index >= 15 is 0 Å². The van der Waals surface area contributed by atoms with Gasteiger partial charge in [-0.3, -0.25) is 0 Å². The minimum atomic E-state index is -0.211. The Labute approximate surface area is 91.0 Å². The molecule has 3 heteroatoms. The van der Waals surface area contributed by atoms with E-state index in [0.29, 0.717) is 0 Å². The molecule has 2 bridgehead atoms. The molecule has 1 spiro atoms. The SMILES string of the molecule is CO[C@@H]1OO[C@]12C(C)(C)[C@H]1CC[C@]2(C)C1. The van der Waals surface area contributed by atoms with Crippen LogP contribution in [0.25, 0.3) is 0 Å². The van der Waals surface area contributed by atoms with Crippen LogP contribution >= 0.6 is 0 Å². The molecule has 3 aliphatic rings. The van der Waals surface area contributed by atoms with Crippen LogP contribution in [0.5, 0.6) is 0 Å². The molecule has 4 atom stereocenters. The van der Waals surface area contributed by atoms with Gasteiger partial charge in [0.25, 0.3) is 0 Å². The maximum absolute atomic E-state index is 5.61. The molecular weight excluding hydrogens is 192 g/mol. The van der Waals surface area contributed by atoms with E-state index < -0.39 is 0 Å². The second kappa shape index (κ2) is 2.58. The van der Waals surface area contributed by atoms with Crippen LogP contribution in [0, 0.1) is 16.7 Å². The summed E-state index contributed by atoms with van der Waals surface area (Å²) in [6.07, 6.45) is 3.64. The van der Waals surface area contributed by atoms with Gasteiger partial charge in [0.15, 0.2) is 5.60 Å². The molecular formula is C12H20O3. The largest absolute Gasteiger partial charge is 0.351 e. The molecule has 2 aliphatic carbocycles. The maximum Gasteiger partial charge on any atom is 0.224 e. The van der Waals surface area contributed by atoms with Gasteiger partial charge in [-0.15, -0.1) is 0 Å². The molecule has 3 nitrogen and oxygen atoms in total. The summed E-state index contributed by atoms with van der Waals surface area (Å²) in [5.74, 6) is 0.754. The van der Waals surface area contributed by atoms with E-state index in [2.05, 4.69) is 20.8 Å². The lowest BCUT2D eigenvalue weighted by molar-refractivity contribution is -0.592. The lowest BCUT2D eigenvalue weighted by Gasteiger charge is -2.60. The van der Waals surface area contributed by atoms with Crippen LogP contribution in [0.2, 0.25) is 0 Å². The van der Waals surface area contributed by atoms with Crippen molar-refractivity contribution in [2.45, 2.75) is 51.9 Å². The number of fused-ring (bicyclic) bond motifs is 3. The molecule has 0 aromatic heterocycles. The molecule has 1 heterocycles. The summed E-state index contributed by atoms with van der Waals surface area (Å²) in [5.41, 5.74) is 0.191. The summed E-state index contributed by atoms with van der Waals surface area (Å²) >= 11 is 0. The van der Waals surface area contributed by atoms with E-state index in [0.717, 1.165) is 5.92 Å². The Morgan fingerprint density at radius 3 is 2.40 bits per heavy atom. The summed E-state index contributed by atoms with van der Waals surface area (Å²) < 4.78 is 5.43. The van der Waals surface area contributed by atoms with E-state index in [1.165, 1.54) is 19.3 Å². The molecule has 1 aliphatic heterocycles. The van der Waals surface area contributed by atoms with Crippen molar-refractivity contribution in [3.63, 3.8) is 0 Å². The smallest absolute Gasteiger partial charge is 0.224 e. The van der Waals surface area contributed by atoms with E-state index in [9.17, 15) is 0 Å². The molecule has 0 aromatic carbocycles. The van der Waals surface area contributed by atoms with Gasteiger partial charge >= 0.3 is 0 Å². The van der Waals surface area contributed by atoms with Crippen LogP contribution in [0.1, 0.15) is 40.0 Å². The monoisotopic (exact) mass is 212 g/mol. The summed E-state index contributed by atoms with van der Waals surface area (Å²) in [6, 6.07) is 0. The van der Waals surface area contributed by atoms with Gasteiger partial charge in [0, 0.05) is 17.9 Å². The summed E-state index contributed by atoms with van der Waals surface area (Å²) in [6.45, 7) is 6.93. The molecule has 15 heavy (non-hydrogen) atoms. The Morgan fingerprint density at radius 2 is 2.00 bits per heavy atom. The highest BCUT2D eigenvalue weighted by Gasteiger charge is 2.78. The summed E-state index contributed by atoms with van der Waals surface area (Å²) in [5, 5.41) is 0. The molecule has 0 unspecified atom stereocenters. The highest BCUT2D eigenvalue weighted by molar-refractivity contribution is 5.21. The molecule has 0 N–H and O–H groups in total. The lowest BCUT2D eigenvalue weighted by atomic mass is 9.59. The Balaban J connectivity index is 2.06. The van der Waals surface area contributed by atoms with Gasteiger partial charge in [-0.2, -0.15) is 0 Å². The van der Waals surface area contributed by atoms with E-state index in [1.807, 2.05) is 0 Å². The summed E-state index contributed by atoms with van der Waals surface area (Å²) in [4.78, 5) is 10.8. The highest BCUT2D eigenvalue weighted by atomic mass is 17.3.